The SMILES string of the molecule is CC1(C)c2cc(N3CCN(C4CC4)CC3)c(-c3cccs3)cc2C(=O)c2c1[nH]c1cc(C#N)ccc21. The van der Waals surface area contributed by atoms with Gasteiger partial charge in [0.25, 0.3) is 0 Å². The molecule has 5 nitrogen and oxygen atoms in total. The van der Waals surface area contributed by atoms with E-state index in [1.807, 2.05) is 12.1 Å². The minimum absolute atomic E-state index is 0.0678. The first-order valence-electron chi connectivity index (χ1n) is 12.8. The van der Waals surface area contributed by atoms with Gasteiger partial charge in [0.15, 0.2) is 5.78 Å². The van der Waals surface area contributed by atoms with Crippen LogP contribution in [-0.2, 0) is 5.41 Å². The number of aromatic nitrogens is 1. The molecule has 7 rings (SSSR count). The van der Waals surface area contributed by atoms with Crippen LogP contribution in [0.25, 0.3) is 21.3 Å². The number of nitrogens with one attached hydrogen (secondary N) is 1. The van der Waals surface area contributed by atoms with Crippen molar-refractivity contribution in [1.82, 2.24) is 9.88 Å². The van der Waals surface area contributed by atoms with Crippen LogP contribution in [0.3, 0.4) is 0 Å². The molecule has 1 saturated heterocycles. The normalized spacial score (nSPS) is 19.2. The van der Waals surface area contributed by atoms with Gasteiger partial charge >= 0.3 is 0 Å². The van der Waals surface area contributed by atoms with E-state index >= 15 is 0 Å². The summed E-state index contributed by atoms with van der Waals surface area (Å²) < 4.78 is 0. The molecule has 0 bridgehead atoms. The quantitative estimate of drug-likeness (QED) is 0.385. The molecule has 1 N–H and O–H groups in total. The molecule has 0 atom stereocenters. The third-order valence-corrected chi connectivity index (χ3v) is 9.24. The van der Waals surface area contributed by atoms with E-state index < -0.39 is 0 Å². The van der Waals surface area contributed by atoms with Crippen molar-refractivity contribution in [3.8, 4) is 16.5 Å². The average Bonchev–Trinajstić information content (AvgIpc) is 3.45. The van der Waals surface area contributed by atoms with Crippen LogP contribution in [0.1, 0.15) is 59.4 Å². The average molecular weight is 493 g/mol. The van der Waals surface area contributed by atoms with Gasteiger partial charge in [-0.25, -0.2) is 0 Å². The van der Waals surface area contributed by atoms with Crippen molar-refractivity contribution < 1.29 is 4.79 Å². The number of aromatic amines is 1. The van der Waals surface area contributed by atoms with Gasteiger partial charge < -0.3 is 9.88 Å². The first-order chi connectivity index (χ1) is 17.5. The number of hydrogen-bond acceptors (Lipinski definition) is 5. The molecule has 0 spiro atoms. The lowest BCUT2D eigenvalue weighted by Gasteiger charge is -2.39. The Morgan fingerprint density at radius 3 is 2.56 bits per heavy atom. The Labute approximate surface area is 215 Å². The van der Waals surface area contributed by atoms with E-state index in [9.17, 15) is 10.1 Å². The van der Waals surface area contributed by atoms with Gasteiger partial charge in [0.2, 0.25) is 0 Å². The van der Waals surface area contributed by atoms with E-state index in [2.05, 4.69) is 64.3 Å². The van der Waals surface area contributed by atoms with Crippen LogP contribution < -0.4 is 4.90 Å². The molecule has 2 aliphatic carbocycles. The monoisotopic (exact) mass is 492 g/mol. The predicted octanol–water partition coefficient (Wildman–Crippen LogP) is 5.92. The largest absolute Gasteiger partial charge is 0.368 e. The van der Waals surface area contributed by atoms with Gasteiger partial charge in [0.05, 0.1) is 17.2 Å². The van der Waals surface area contributed by atoms with Gasteiger partial charge in [-0.2, -0.15) is 5.26 Å². The van der Waals surface area contributed by atoms with Crippen molar-refractivity contribution in [2.75, 3.05) is 31.1 Å². The molecule has 0 amide bonds. The molecule has 4 aromatic rings. The maximum Gasteiger partial charge on any atom is 0.195 e. The molecular weight excluding hydrogens is 464 g/mol. The van der Waals surface area contributed by atoms with Gasteiger partial charge in [-0.3, -0.25) is 9.69 Å². The fraction of sp³-hybridized carbons (Fsp3) is 0.333. The summed E-state index contributed by atoms with van der Waals surface area (Å²) in [5, 5.41) is 12.4. The Bertz CT molecular complexity index is 1560. The molecule has 0 unspecified atom stereocenters. The lowest BCUT2D eigenvalue weighted by atomic mass is 9.70. The van der Waals surface area contributed by atoms with Crippen LogP contribution in [0.5, 0.6) is 0 Å². The Kier molecular flexibility index (Phi) is 4.73. The highest BCUT2D eigenvalue weighted by atomic mass is 32.1. The number of thiophene rings is 1. The summed E-state index contributed by atoms with van der Waals surface area (Å²) in [5.41, 5.74) is 7.02. The summed E-state index contributed by atoms with van der Waals surface area (Å²) in [6.45, 7) is 8.63. The van der Waals surface area contributed by atoms with Gasteiger partial charge in [-0.1, -0.05) is 26.0 Å². The summed E-state index contributed by atoms with van der Waals surface area (Å²) in [7, 11) is 0. The third-order valence-electron chi connectivity index (χ3n) is 8.34. The van der Waals surface area contributed by atoms with Crippen molar-refractivity contribution >= 4 is 33.7 Å². The second-order valence-corrected chi connectivity index (χ2v) is 11.8. The molecule has 0 radical (unpaired) electrons. The number of nitriles is 1. The van der Waals surface area contributed by atoms with Gasteiger partial charge in [-0.05, 0) is 54.1 Å². The highest BCUT2D eigenvalue weighted by Gasteiger charge is 2.41. The summed E-state index contributed by atoms with van der Waals surface area (Å²) in [6, 6.07) is 17.3. The lowest BCUT2D eigenvalue weighted by Crippen LogP contribution is -2.47. The maximum absolute atomic E-state index is 14.1. The highest BCUT2D eigenvalue weighted by molar-refractivity contribution is 7.13. The fourth-order valence-corrected chi connectivity index (χ4v) is 6.94. The molecule has 2 fully saturated rings. The Morgan fingerprint density at radius 1 is 1.06 bits per heavy atom. The van der Waals surface area contributed by atoms with Crippen molar-refractivity contribution in [3.05, 3.63) is 75.8 Å². The topological polar surface area (TPSA) is 63.1 Å². The number of anilines is 1. The number of carbonyl (C=O) groups is 1. The van der Waals surface area contributed by atoms with Crippen LogP contribution in [0.2, 0.25) is 0 Å². The van der Waals surface area contributed by atoms with E-state index in [1.54, 1.807) is 17.4 Å². The number of hydrogen-bond donors (Lipinski definition) is 1. The number of ketones is 1. The van der Waals surface area contributed by atoms with E-state index in [4.69, 9.17) is 0 Å². The first-order valence-corrected chi connectivity index (χ1v) is 13.7. The predicted molar refractivity (Wildman–Crippen MR) is 145 cm³/mol. The molecular formula is C30H28N4OS. The molecule has 3 aliphatic rings. The standard InChI is InChI=1S/C30H28N4OS/c1-30(2)23-16-25(34-11-9-33(10-12-34)19-6-7-19)22(26-4-3-13-36-26)15-21(23)28(35)27-20-8-5-18(17-31)14-24(20)32-29(27)30/h3-5,8,13-16,19,32H,6-7,9-12H2,1-2H3. The second-order valence-electron chi connectivity index (χ2n) is 10.8. The Morgan fingerprint density at radius 2 is 1.86 bits per heavy atom. The van der Waals surface area contributed by atoms with Gasteiger partial charge in [-0.15, -0.1) is 11.3 Å². The number of carbonyl (C=O) groups excluding carboxylic acids is 1. The summed E-state index contributed by atoms with van der Waals surface area (Å²) in [6.07, 6.45) is 2.69. The minimum Gasteiger partial charge on any atom is -0.368 e. The Balaban J connectivity index is 1.39. The molecule has 2 aromatic carbocycles. The van der Waals surface area contributed by atoms with Crippen molar-refractivity contribution in [2.45, 2.75) is 38.1 Å². The second kappa shape index (κ2) is 7.80. The number of piperazine rings is 1. The highest BCUT2D eigenvalue weighted by Crippen LogP contribution is 2.48. The summed E-state index contributed by atoms with van der Waals surface area (Å²) in [4.78, 5) is 23.9. The Hall–Kier alpha value is -3.40. The smallest absolute Gasteiger partial charge is 0.195 e. The molecule has 180 valence electrons. The van der Waals surface area contributed by atoms with E-state index in [1.165, 1.54) is 23.4 Å². The minimum atomic E-state index is -0.372. The third kappa shape index (κ3) is 3.20. The molecule has 3 heterocycles. The number of nitrogens with zero attached hydrogens (tertiary/aromatic N) is 3. The van der Waals surface area contributed by atoms with Gasteiger partial charge in [0.1, 0.15) is 0 Å². The first kappa shape index (κ1) is 21.8. The summed E-state index contributed by atoms with van der Waals surface area (Å²) in [5.74, 6) is 0.0678. The number of rotatable bonds is 3. The number of H-pyrrole nitrogens is 1. The summed E-state index contributed by atoms with van der Waals surface area (Å²) >= 11 is 1.73. The molecule has 6 heteroatoms. The number of benzene rings is 2. The van der Waals surface area contributed by atoms with Crippen molar-refractivity contribution in [1.29, 1.82) is 5.26 Å². The van der Waals surface area contributed by atoms with Crippen molar-refractivity contribution in [2.24, 2.45) is 0 Å². The zero-order valence-corrected chi connectivity index (χ0v) is 21.4. The van der Waals surface area contributed by atoms with E-state index in [-0.39, 0.29) is 11.2 Å². The number of fused-ring (bicyclic) bond motifs is 4. The van der Waals surface area contributed by atoms with Crippen LogP contribution in [0.15, 0.2) is 47.8 Å². The molecule has 1 saturated carbocycles. The van der Waals surface area contributed by atoms with Crippen molar-refractivity contribution in [3.63, 3.8) is 0 Å². The molecule has 36 heavy (non-hydrogen) atoms. The van der Waals surface area contributed by atoms with E-state index in [0.717, 1.165) is 71.1 Å². The zero-order valence-electron chi connectivity index (χ0n) is 20.6. The van der Waals surface area contributed by atoms with Crippen LogP contribution in [-0.4, -0.2) is 47.9 Å². The lowest BCUT2D eigenvalue weighted by molar-refractivity contribution is 0.103. The van der Waals surface area contributed by atoms with Gasteiger partial charge in [0, 0.05) is 75.9 Å². The zero-order chi connectivity index (χ0) is 24.6. The molecule has 1 aliphatic heterocycles. The van der Waals surface area contributed by atoms with Crippen LogP contribution in [0, 0.1) is 11.3 Å². The van der Waals surface area contributed by atoms with E-state index in [0.29, 0.717) is 5.56 Å². The van der Waals surface area contributed by atoms with Crippen LogP contribution in [0.4, 0.5) is 5.69 Å². The molecule has 2 aromatic heterocycles. The van der Waals surface area contributed by atoms with Crippen LogP contribution >= 0.6 is 11.3 Å². The fourth-order valence-electron chi connectivity index (χ4n) is 6.19. The maximum atomic E-state index is 14.1.